The third-order valence-electron chi connectivity index (χ3n) is 1.95. The molecule has 1 aromatic rings. The zero-order valence-corrected chi connectivity index (χ0v) is 12.4. The van der Waals surface area contributed by atoms with Crippen LogP contribution in [0, 0.1) is 0 Å². The second kappa shape index (κ2) is 8.43. The first-order valence-electron chi connectivity index (χ1n) is 5.65. The Balaban J connectivity index is 2.61. The van der Waals surface area contributed by atoms with E-state index in [0.29, 0.717) is 0 Å². The van der Waals surface area contributed by atoms with E-state index in [9.17, 15) is 9.13 Å². The summed E-state index contributed by atoms with van der Waals surface area (Å²) in [7, 11) is -5.25. The molecule has 0 aliphatic carbocycles. The zero-order valence-electron chi connectivity index (χ0n) is 10.6. The molecule has 0 fully saturated rings. The van der Waals surface area contributed by atoms with Crippen molar-refractivity contribution in [1.82, 2.24) is 0 Å². The summed E-state index contributed by atoms with van der Waals surface area (Å²) in [5.41, 5.74) is 0.831. The van der Waals surface area contributed by atoms with E-state index >= 15 is 0 Å². The number of rotatable bonds is 8. The number of benzene rings is 1. The van der Waals surface area contributed by atoms with Crippen LogP contribution in [-0.2, 0) is 29.1 Å². The van der Waals surface area contributed by atoms with E-state index in [4.69, 9.17) is 13.9 Å². The molecule has 0 radical (unpaired) electrons. The molecule has 104 valence electrons. The van der Waals surface area contributed by atoms with Crippen LogP contribution in [0.4, 0.5) is 0 Å². The van der Waals surface area contributed by atoms with Crippen LogP contribution in [0.1, 0.15) is 19.4 Å². The van der Waals surface area contributed by atoms with Gasteiger partial charge in [-0.15, -0.1) is 9.42 Å². The highest BCUT2D eigenvalue weighted by atomic mass is 31.1. The monoisotopic (exact) mass is 306 g/mol. The molecule has 0 spiro atoms. The fourth-order valence-corrected chi connectivity index (χ4v) is 2.38. The van der Waals surface area contributed by atoms with Crippen LogP contribution in [0.15, 0.2) is 30.3 Å². The van der Waals surface area contributed by atoms with Crippen LogP contribution >= 0.6 is 16.5 Å². The van der Waals surface area contributed by atoms with Crippen LogP contribution in [0.3, 0.4) is 0 Å². The molecule has 6 nitrogen and oxygen atoms in total. The van der Waals surface area contributed by atoms with Crippen LogP contribution in [0.2, 0.25) is 0 Å². The second-order valence-corrected chi connectivity index (χ2v) is 5.50. The highest BCUT2D eigenvalue weighted by molar-refractivity contribution is 7.33. The molecule has 3 atom stereocenters. The van der Waals surface area contributed by atoms with Gasteiger partial charge in [0.1, 0.15) is 6.10 Å². The van der Waals surface area contributed by atoms with E-state index < -0.39 is 22.8 Å². The minimum Gasteiger partial charge on any atom is -0.133 e. The summed E-state index contributed by atoms with van der Waals surface area (Å²) in [6.07, 6.45) is -1.17. The van der Waals surface area contributed by atoms with E-state index in [0.717, 1.165) is 5.56 Å². The highest BCUT2D eigenvalue weighted by Crippen LogP contribution is 2.32. The Morgan fingerprint density at radius 2 is 1.74 bits per heavy atom. The summed E-state index contributed by atoms with van der Waals surface area (Å²) in [5.74, 6) is 0. The maximum absolute atomic E-state index is 11.5. The molecule has 19 heavy (non-hydrogen) atoms. The van der Waals surface area contributed by atoms with Crippen molar-refractivity contribution >= 4 is 16.5 Å². The molecule has 3 unspecified atom stereocenters. The molecule has 0 aromatic heterocycles. The Kier molecular flexibility index (Phi) is 7.24. The fraction of sp³-hybridized carbons (Fsp3) is 0.455. The van der Waals surface area contributed by atoms with E-state index in [2.05, 4.69) is 4.52 Å². The largest absolute Gasteiger partial charge is 0.700 e. The van der Waals surface area contributed by atoms with Gasteiger partial charge in [0.15, 0.2) is 0 Å². The van der Waals surface area contributed by atoms with Gasteiger partial charge in [0.05, 0.1) is 0 Å². The van der Waals surface area contributed by atoms with E-state index in [-0.39, 0.29) is 12.5 Å². The van der Waals surface area contributed by atoms with E-state index in [1.54, 1.807) is 26.0 Å². The molecule has 0 aliphatic heterocycles. The maximum atomic E-state index is 11.5. The predicted molar refractivity (Wildman–Crippen MR) is 69.8 cm³/mol. The Hall–Kier alpha value is -0.740. The average Bonchev–Trinajstić information content (AvgIpc) is 2.27. The summed E-state index contributed by atoms with van der Waals surface area (Å²) in [6, 6.07) is 9.09. The summed E-state index contributed by atoms with van der Waals surface area (Å²) in [5, 5.41) is 0. The molecule has 1 rings (SSSR count). The molecule has 0 saturated heterocycles. The first-order chi connectivity index (χ1) is 8.97. The van der Waals surface area contributed by atoms with Crippen molar-refractivity contribution in [2.75, 3.05) is 0 Å². The lowest BCUT2D eigenvalue weighted by molar-refractivity contribution is -0.00392. The van der Waals surface area contributed by atoms with Crippen molar-refractivity contribution in [3.8, 4) is 0 Å². The molecule has 8 heteroatoms. The van der Waals surface area contributed by atoms with E-state index in [1.165, 1.54) is 0 Å². The standard InChI is InChI=1S/C11H15O6P2/c1-9(2)15-19(14)17-11(16-18(12)13)8-10-6-4-3-5-7-10/h3-7,9,11H,8H2,1-2H3/q+1/p+1. The second-order valence-electron chi connectivity index (χ2n) is 3.95. The normalized spacial score (nSPS) is 14.3. The third kappa shape index (κ3) is 7.43. The lowest BCUT2D eigenvalue weighted by Gasteiger charge is -2.04. The van der Waals surface area contributed by atoms with Gasteiger partial charge in [-0.25, -0.2) is 0 Å². The van der Waals surface area contributed by atoms with Gasteiger partial charge in [-0.1, -0.05) is 39.4 Å². The van der Waals surface area contributed by atoms with Crippen LogP contribution < -0.4 is 0 Å². The highest BCUT2D eigenvalue weighted by Gasteiger charge is 2.35. The summed E-state index contributed by atoms with van der Waals surface area (Å²) in [4.78, 5) is 8.77. The molecular formula is C11H16O6P2+2. The molecule has 0 bridgehead atoms. The van der Waals surface area contributed by atoms with Crippen molar-refractivity contribution in [3.05, 3.63) is 35.9 Å². The van der Waals surface area contributed by atoms with Crippen LogP contribution in [-0.4, -0.2) is 17.3 Å². The van der Waals surface area contributed by atoms with Crippen molar-refractivity contribution in [2.24, 2.45) is 0 Å². The molecule has 0 saturated carbocycles. The fourth-order valence-electron chi connectivity index (χ4n) is 1.29. The van der Waals surface area contributed by atoms with Gasteiger partial charge in [0, 0.05) is 15.6 Å². The molecular weight excluding hydrogens is 290 g/mol. The van der Waals surface area contributed by atoms with Crippen molar-refractivity contribution in [2.45, 2.75) is 32.7 Å². The first kappa shape index (κ1) is 16.3. The SMILES string of the molecule is CC(C)O[P+](=O)OC(Cc1ccccc1)O[P+](=O)O. The Bertz CT molecular complexity index is 422. The molecule has 0 aliphatic rings. The molecule has 1 N–H and O–H groups in total. The Labute approximate surface area is 113 Å². The Morgan fingerprint density at radius 3 is 2.26 bits per heavy atom. The first-order valence-corrected chi connectivity index (χ1v) is 7.87. The van der Waals surface area contributed by atoms with Gasteiger partial charge < -0.3 is 0 Å². The lowest BCUT2D eigenvalue weighted by atomic mass is 10.1. The van der Waals surface area contributed by atoms with Crippen LogP contribution in [0.5, 0.6) is 0 Å². The molecule has 0 heterocycles. The lowest BCUT2D eigenvalue weighted by Crippen LogP contribution is -2.15. The van der Waals surface area contributed by atoms with Crippen molar-refractivity contribution in [1.29, 1.82) is 0 Å². The number of hydrogen-bond acceptors (Lipinski definition) is 5. The molecule has 1 aromatic carbocycles. The van der Waals surface area contributed by atoms with Gasteiger partial charge in [-0.2, -0.15) is 0 Å². The van der Waals surface area contributed by atoms with Crippen molar-refractivity contribution < 1.29 is 27.6 Å². The average molecular weight is 306 g/mol. The van der Waals surface area contributed by atoms with Gasteiger partial charge in [-0.05, 0) is 19.4 Å². The topological polar surface area (TPSA) is 82.1 Å². The van der Waals surface area contributed by atoms with Crippen molar-refractivity contribution in [3.63, 3.8) is 0 Å². The van der Waals surface area contributed by atoms with Gasteiger partial charge in [0.2, 0.25) is 0 Å². The van der Waals surface area contributed by atoms with E-state index in [1.807, 2.05) is 18.2 Å². The van der Waals surface area contributed by atoms with Gasteiger partial charge in [-0.3, -0.25) is 0 Å². The number of hydrogen-bond donors (Lipinski definition) is 1. The minimum atomic E-state index is -2.85. The molecule has 0 amide bonds. The van der Waals surface area contributed by atoms with Gasteiger partial charge in [0.25, 0.3) is 6.29 Å². The summed E-state index contributed by atoms with van der Waals surface area (Å²) < 4.78 is 36.8. The quantitative estimate of drug-likeness (QED) is 0.586. The minimum absolute atomic E-state index is 0.199. The van der Waals surface area contributed by atoms with Crippen LogP contribution in [0.25, 0.3) is 0 Å². The third-order valence-corrected chi connectivity index (χ3v) is 3.37. The smallest absolute Gasteiger partial charge is 0.133 e. The zero-order chi connectivity index (χ0) is 14.3. The Morgan fingerprint density at radius 1 is 1.11 bits per heavy atom. The summed E-state index contributed by atoms with van der Waals surface area (Å²) in [6.45, 7) is 3.41. The van der Waals surface area contributed by atoms with Gasteiger partial charge >= 0.3 is 16.5 Å². The predicted octanol–water partition coefficient (Wildman–Crippen LogP) is 3.32. The maximum Gasteiger partial charge on any atom is 0.700 e. The summed E-state index contributed by atoms with van der Waals surface area (Å²) >= 11 is 0.